The summed E-state index contributed by atoms with van der Waals surface area (Å²) in [5, 5.41) is 0. The molecule has 2 rings (SSSR count). The van der Waals surface area contributed by atoms with Crippen molar-refractivity contribution in [2.45, 2.75) is 48.3 Å². The fraction of sp³-hybridized carbons (Fsp3) is 0.429. The molecule has 0 bridgehead atoms. The van der Waals surface area contributed by atoms with E-state index in [9.17, 15) is 57.1 Å². The SMILES string of the molecule is COC(CC(F)(F)C(F)(F)C(F)(F)C(F)(F)C(F)(F)C(F)(F)F)c1ccccc1-c1ccccc1. The lowest BCUT2D eigenvalue weighted by Crippen LogP contribution is -2.70. The first-order chi connectivity index (χ1) is 15.8. The van der Waals surface area contributed by atoms with Gasteiger partial charge in [-0.2, -0.15) is 57.1 Å². The third-order valence-electron chi connectivity index (χ3n) is 5.12. The molecule has 0 spiro atoms. The molecule has 196 valence electrons. The molecule has 1 nitrogen and oxygen atoms in total. The van der Waals surface area contributed by atoms with Crippen LogP contribution >= 0.6 is 0 Å². The predicted octanol–water partition coefficient (Wildman–Crippen LogP) is 8.17. The summed E-state index contributed by atoms with van der Waals surface area (Å²) in [4.78, 5) is 0. The highest BCUT2D eigenvalue weighted by Gasteiger charge is 2.90. The highest BCUT2D eigenvalue weighted by atomic mass is 19.4. The van der Waals surface area contributed by atoms with E-state index in [-0.39, 0.29) is 11.1 Å². The Hall–Kier alpha value is -2.51. The molecule has 0 amide bonds. The first-order valence-electron chi connectivity index (χ1n) is 9.39. The normalized spacial score (nSPS) is 15.3. The van der Waals surface area contributed by atoms with Crippen LogP contribution in [0.4, 0.5) is 57.1 Å². The Morgan fingerprint density at radius 2 is 1.06 bits per heavy atom. The van der Waals surface area contributed by atoms with Gasteiger partial charge < -0.3 is 4.74 Å². The first-order valence-corrected chi connectivity index (χ1v) is 9.39. The molecule has 1 atom stereocenters. The van der Waals surface area contributed by atoms with Gasteiger partial charge in [0.1, 0.15) is 0 Å². The maximum absolute atomic E-state index is 14.4. The molecule has 0 aliphatic carbocycles. The minimum absolute atomic E-state index is 0.0831. The lowest BCUT2D eigenvalue weighted by molar-refractivity contribution is -0.440. The van der Waals surface area contributed by atoms with Crippen molar-refractivity contribution in [2.75, 3.05) is 7.11 Å². The minimum Gasteiger partial charge on any atom is -0.377 e. The van der Waals surface area contributed by atoms with Crippen LogP contribution in [-0.4, -0.2) is 42.9 Å². The van der Waals surface area contributed by atoms with Crippen LogP contribution in [0.2, 0.25) is 0 Å². The molecule has 14 heteroatoms. The van der Waals surface area contributed by atoms with Crippen LogP contribution in [0.25, 0.3) is 11.1 Å². The van der Waals surface area contributed by atoms with Crippen molar-refractivity contribution in [3.63, 3.8) is 0 Å². The minimum atomic E-state index is -7.93. The predicted molar refractivity (Wildman–Crippen MR) is 97.0 cm³/mol. The van der Waals surface area contributed by atoms with Gasteiger partial charge in [0.15, 0.2) is 0 Å². The molecule has 1 unspecified atom stereocenters. The third-order valence-corrected chi connectivity index (χ3v) is 5.12. The largest absolute Gasteiger partial charge is 0.460 e. The zero-order valence-electron chi connectivity index (χ0n) is 17.3. The number of halogens is 13. The average molecular weight is 530 g/mol. The molecular weight excluding hydrogens is 515 g/mol. The Bertz CT molecular complexity index is 1000. The fourth-order valence-corrected chi connectivity index (χ4v) is 3.14. The standard InChI is InChI=1S/C21H15F13O/c1-35-15(14-10-6-5-9-13(14)12-7-3-2-4-8-12)11-16(22,23)17(24,25)18(26,27)19(28,29)20(30,31)21(32,33)34/h2-10,15H,11H2,1H3. The van der Waals surface area contributed by atoms with Crippen molar-refractivity contribution < 1.29 is 61.8 Å². The van der Waals surface area contributed by atoms with Gasteiger partial charge in [0.2, 0.25) is 0 Å². The molecule has 35 heavy (non-hydrogen) atoms. The summed E-state index contributed by atoms with van der Waals surface area (Å²) in [7, 11) is 0.686. The molecule has 2 aromatic carbocycles. The van der Waals surface area contributed by atoms with Gasteiger partial charge in [-0.3, -0.25) is 0 Å². The summed E-state index contributed by atoms with van der Waals surface area (Å²) < 4.78 is 179. The van der Waals surface area contributed by atoms with Gasteiger partial charge in [0.25, 0.3) is 0 Å². The molecule has 0 aliphatic rings. The summed E-state index contributed by atoms with van der Waals surface area (Å²) in [6.07, 6.45) is -12.1. The third kappa shape index (κ3) is 4.68. The Morgan fingerprint density at radius 1 is 0.600 bits per heavy atom. The van der Waals surface area contributed by atoms with Crippen LogP contribution in [0.1, 0.15) is 18.1 Å². The van der Waals surface area contributed by atoms with E-state index in [4.69, 9.17) is 0 Å². The summed E-state index contributed by atoms with van der Waals surface area (Å²) in [5.41, 5.74) is 0.106. The van der Waals surface area contributed by atoms with Crippen molar-refractivity contribution in [1.82, 2.24) is 0 Å². The molecule has 0 aliphatic heterocycles. The lowest BCUT2D eigenvalue weighted by Gasteiger charge is -2.40. The van der Waals surface area contributed by atoms with E-state index in [2.05, 4.69) is 4.74 Å². The molecule has 2 aromatic rings. The maximum atomic E-state index is 14.4. The fourth-order valence-electron chi connectivity index (χ4n) is 3.14. The van der Waals surface area contributed by atoms with Crippen LogP contribution in [0.15, 0.2) is 54.6 Å². The van der Waals surface area contributed by atoms with E-state index in [0.717, 1.165) is 6.07 Å². The van der Waals surface area contributed by atoms with Crippen molar-refractivity contribution in [2.24, 2.45) is 0 Å². The second-order valence-corrected chi connectivity index (χ2v) is 7.38. The molecule has 0 N–H and O–H groups in total. The highest BCUT2D eigenvalue weighted by molar-refractivity contribution is 5.67. The quantitative estimate of drug-likeness (QED) is 0.297. The van der Waals surface area contributed by atoms with Crippen LogP contribution in [0.5, 0.6) is 0 Å². The van der Waals surface area contributed by atoms with Crippen molar-refractivity contribution in [3.05, 3.63) is 60.2 Å². The van der Waals surface area contributed by atoms with Crippen molar-refractivity contribution in [1.29, 1.82) is 0 Å². The van der Waals surface area contributed by atoms with Crippen LogP contribution in [0, 0.1) is 0 Å². The number of rotatable bonds is 9. The van der Waals surface area contributed by atoms with E-state index < -0.39 is 48.3 Å². The number of hydrogen-bond donors (Lipinski definition) is 0. The number of benzene rings is 2. The van der Waals surface area contributed by atoms with E-state index in [1.807, 2.05) is 0 Å². The highest BCUT2D eigenvalue weighted by Crippen LogP contribution is 2.61. The Kier molecular flexibility index (Phi) is 7.53. The zero-order chi connectivity index (χ0) is 27.1. The molecule has 0 fully saturated rings. The van der Waals surface area contributed by atoms with Gasteiger partial charge in [-0.05, 0) is 16.7 Å². The van der Waals surface area contributed by atoms with Gasteiger partial charge in [-0.1, -0.05) is 54.6 Å². The lowest BCUT2D eigenvalue weighted by atomic mass is 9.88. The van der Waals surface area contributed by atoms with Gasteiger partial charge in [0.05, 0.1) is 6.10 Å². The monoisotopic (exact) mass is 530 g/mol. The van der Waals surface area contributed by atoms with Crippen molar-refractivity contribution >= 4 is 0 Å². The summed E-state index contributed by atoms with van der Waals surface area (Å²) >= 11 is 0. The molecule has 0 saturated heterocycles. The van der Waals surface area contributed by atoms with Crippen molar-refractivity contribution in [3.8, 4) is 11.1 Å². The van der Waals surface area contributed by atoms with Gasteiger partial charge >= 0.3 is 35.8 Å². The number of methoxy groups -OCH3 is 1. The van der Waals surface area contributed by atoms with Crippen LogP contribution in [0.3, 0.4) is 0 Å². The van der Waals surface area contributed by atoms with Gasteiger partial charge in [-0.25, -0.2) is 0 Å². The van der Waals surface area contributed by atoms with Crippen LogP contribution < -0.4 is 0 Å². The summed E-state index contributed by atoms with van der Waals surface area (Å²) in [6, 6.07) is 12.4. The summed E-state index contributed by atoms with van der Waals surface area (Å²) in [6.45, 7) is 0. The molecule has 0 aromatic heterocycles. The van der Waals surface area contributed by atoms with Gasteiger partial charge in [-0.15, -0.1) is 0 Å². The number of alkyl halides is 13. The Morgan fingerprint density at radius 3 is 1.54 bits per heavy atom. The second-order valence-electron chi connectivity index (χ2n) is 7.38. The topological polar surface area (TPSA) is 9.23 Å². The molecular formula is C21H15F13O. The van der Waals surface area contributed by atoms with Gasteiger partial charge in [0, 0.05) is 13.5 Å². The van der Waals surface area contributed by atoms with E-state index in [1.165, 1.54) is 42.5 Å². The molecule has 0 radical (unpaired) electrons. The summed E-state index contributed by atoms with van der Waals surface area (Å²) in [5.74, 6) is -37.1. The number of hydrogen-bond acceptors (Lipinski definition) is 1. The van der Waals surface area contributed by atoms with E-state index in [1.54, 1.807) is 6.07 Å². The Labute approximate surface area is 189 Å². The van der Waals surface area contributed by atoms with E-state index >= 15 is 0 Å². The average Bonchev–Trinajstić information content (AvgIpc) is 2.76. The second kappa shape index (κ2) is 9.17. The Balaban J connectivity index is 2.52. The number of ether oxygens (including phenoxy) is 1. The van der Waals surface area contributed by atoms with E-state index in [0.29, 0.717) is 12.7 Å². The maximum Gasteiger partial charge on any atom is 0.460 e. The smallest absolute Gasteiger partial charge is 0.377 e. The van der Waals surface area contributed by atoms with Crippen LogP contribution in [-0.2, 0) is 4.74 Å². The zero-order valence-corrected chi connectivity index (χ0v) is 17.3. The molecule has 0 heterocycles. The molecule has 0 saturated carbocycles. The first kappa shape index (κ1) is 28.7.